The summed E-state index contributed by atoms with van der Waals surface area (Å²) in [5, 5.41) is 2.50. The SMILES string of the molecule is COC(=O)c1ccc(-n2c(C)cc(C(=O)COC(=O)CNC(=O)CCC(C)C)c2C)cc1. The first-order valence-electron chi connectivity index (χ1n) is 10.5. The highest BCUT2D eigenvalue weighted by molar-refractivity contribution is 5.99. The zero-order valence-corrected chi connectivity index (χ0v) is 19.2. The van der Waals surface area contributed by atoms with Crippen LogP contribution in [0.5, 0.6) is 0 Å². The van der Waals surface area contributed by atoms with Gasteiger partial charge in [0, 0.05) is 29.1 Å². The lowest BCUT2D eigenvalue weighted by Gasteiger charge is -2.11. The first-order chi connectivity index (χ1) is 15.1. The number of carbonyl (C=O) groups excluding carboxylic acids is 4. The van der Waals surface area contributed by atoms with Crippen LogP contribution in [0.2, 0.25) is 0 Å². The maximum atomic E-state index is 12.6. The Balaban J connectivity index is 1.98. The number of hydrogen-bond acceptors (Lipinski definition) is 6. The fourth-order valence-electron chi connectivity index (χ4n) is 3.26. The van der Waals surface area contributed by atoms with Crippen LogP contribution in [0.25, 0.3) is 5.69 Å². The zero-order chi connectivity index (χ0) is 23.8. The standard InChI is InChI=1S/C24H30N2O6/c1-15(2)6-11-22(28)25-13-23(29)32-14-21(27)20-12-16(3)26(17(20)4)19-9-7-18(8-10-19)24(30)31-5/h7-10,12,15H,6,11,13-14H2,1-5H3,(H,25,28). The number of aryl methyl sites for hydroxylation is 1. The summed E-state index contributed by atoms with van der Waals surface area (Å²) in [6.07, 6.45) is 1.08. The average molecular weight is 443 g/mol. The molecular weight excluding hydrogens is 412 g/mol. The fourth-order valence-corrected chi connectivity index (χ4v) is 3.26. The van der Waals surface area contributed by atoms with Crippen molar-refractivity contribution in [3.8, 4) is 5.69 Å². The van der Waals surface area contributed by atoms with E-state index in [-0.39, 0.29) is 18.2 Å². The molecule has 1 heterocycles. The van der Waals surface area contributed by atoms with Gasteiger partial charge < -0.3 is 19.4 Å². The van der Waals surface area contributed by atoms with Gasteiger partial charge in [0.2, 0.25) is 11.7 Å². The lowest BCUT2D eigenvalue weighted by molar-refractivity contribution is -0.142. The third kappa shape index (κ3) is 6.54. The molecule has 8 heteroatoms. The Kier molecular flexibility index (Phi) is 8.75. The minimum atomic E-state index is -0.663. The minimum absolute atomic E-state index is 0.219. The molecule has 0 saturated heterocycles. The molecule has 0 aliphatic carbocycles. The Bertz CT molecular complexity index is 989. The molecule has 2 rings (SSSR count). The Labute approximate surface area is 187 Å². The number of methoxy groups -OCH3 is 1. The number of aromatic nitrogens is 1. The molecule has 0 unspecified atom stereocenters. The lowest BCUT2D eigenvalue weighted by Crippen LogP contribution is -2.31. The van der Waals surface area contributed by atoms with Gasteiger partial charge in [0.25, 0.3) is 0 Å². The second-order valence-electron chi connectivity index (χ2n) is 7.95. The van der Waals surface area contributed by atoms with Crippen molar-refractivity contribution < 1.29 is 28.7 Å². The Morgan fingerprint density at radius 1 is 1.06 bits per heavy atom. The van der Waals surface area contributed by atoms with E-state index in [0.717, 1.165) is 17.8 Å². The molecule has 32 heavy (non-hydrogen) atoms. The van der Waals surface area contributed by atoms with Crippen LogP contribution < -0.4 is 5.32 Å². The summed E-state index contributed by atoms with van der Waals surface area (Å²) in [5.74, 6) is -1.25. The van der Waals surface area contributed by atoms with E-state index in [2.05, 4.69) is 5.32 Å². The highest BCUT2D eigenvalue weighted by Crippen LogP contribution is 2.22. The summed E-state index contributed by atoms with van der Waals surface area (Å²) in [5.41, 5.74) is 3.16. The largest absolute Gasteiger partial charge is 0.465 e. The van der Waals surface area contributed by atoms with Crippen LogP contribution in [0, 0.1) is 19.8 Å². The van der Waals surface area contributed by atoms with Gasteiger partial charge in [0.1, 0.15) is 6.54 Å². The van der Waals surface area contributed by atoms with Crippen LogP contribution in [0.15, 0.2) is 30.3 Å². The van der Waals surface area contributed by atoms with Gasteiger partial charge in [-0.05, 0) is 56.5 Å². The second kappa shape index (κ2) is 11.3. The topological polar surface area (TPSA) is 104 Å². The molecule has 1 aromatic heterocycles. The zero-order valence-electron chi connectivity index (χ0n) is 19.2. The first-order valence-corrected chi connectivity index (χ1v) is 10.5. The molecule has 0 fully saturated rings. The fraction of sp³-hybridized carbons (Fsp3) is 0.417. The Morgan fingerprint density at radius 3 is 2.31 bits per heavy atom. The highest BCUT2D eigenvalue weighted by Gasteiger charge is 2.19. The van der Waals surface area contributed by atoms with Crippen LogP contribution in [0.4, 0.5) is 0 Å². The predicted octanol–water partition coefficient (Wildman–Crippen LogP) is 3.16. The van der Waals surface area contributed by atoms with Crippen LogP contribution in [0.1, 0.15) is 58.8 Å². The number of carbonyl (C=O) groups is 4. The van der Waals surface area contributed by atoms with E-state index >= 15 is 0 Å². The van der Waals surface area contributed by atoms with Crippen molar-refractivity contribution >= 4 is 23.6 Å². The Morgan fingerprint density at radius 2 is 1.72 bits per heavy atom. The van der Waals surface area contributed by atoms with E-state index < -0.39 is 18.5 Å². The first kappa shape index (κ1) is 24.8. The molecule has 1 aromatic carbocycles. The number of rotatable bonds is 10. The smallest absolute Gasteiger partial charge is 0.337 e. The van der Waals surface area contributed by atoms with Gasteiger partial charge in [-0.15, -0.1) is 0 Å². The van der Waals surface area contributed by atoms with Gasteiger partial charge in [-0.25, -0.2) is 4.79 Å². The highest BCUT2D eigenvalue weighted by atomic mass is 16.5. The molecule has 0 spiro atoms. The summed E-state index contributed by atoms with van der Waals surface area (Å²) >= 11 is 0. The maximum absolute atomic E-state index is 12.6. The van der Waals surface area contributed by atoms with E-state index in [1.165, 1.54) is 7.11 Å². The average Bonchev–Trinajstić information content (AvgIpc) is 3.07. The van der Waals surface area contributed by atoms with Crippen molar-refractivity contribution in [1.29, 1.82) is 0 Å². The summed E-state index contributed by atoms with van der Waals surface area (Å²) in [4.78, 5) is 47.8. The van der Waals surface area contributed by atoms with E-state index in [1.54, 1.807) is 37.3 Å². The molecule has 1 amide bonds. The van der Waals surface area contributed by atoms with Crippen molar-refractivity contribution in [1.82, 2.24) is 9.88 Å². The van der Waals surface area contributed by atoms with Gasteiger partial charge in [0.05, 0.1) is 12.7 Å². The molecular formula is C24H30N2O6. The normalized spacial score (nSPS) is 10.7. The number of nitrogens with one attached hydrogen (secondary N) is 1. The van der Waals surface area contributed by atoms with Crippen molar-refractivity contribution in [2.45, 2.75) is 40.5 Å². The van der Waals surface area contributed by atoms with Gasteiger partial charge in [-0.3, -0.25) is 14.4 Å². The molecule has 0 bridgehead atoms. The third-order valence-corrected chi connectivity index (χ3v) is 5.02. The van der Waals surface area contributed by atoms with E-state index in [9.17, 15) is 19.2 Å². The van der Waals surface area contributed by atoms with Crippen molar-refractivity contribution in [2.24, 2.45) is 5.92 Å². The molecule has 1 N–H and O–H groups in total. The number of esters is 2. The van der Waals surface area contributed by atoms with Crippen LogP contribution in [-0.2, 0) is 19.1 Å². The molecule has 0 aliphatic heterocycles. The van der Waals surface area contributed by atoms with E-state index in [1.807, 2.05) is 25.3 Å². The summed E-state index contributed by atoms with van der Waals surface area (Å²) < 4.78 is 11.6. The molecule has 0 aliphatic rings. The molecule has 172 valence electrons. The molecule has 0 radical (unpaired) electrons. The number of ketones is 1. The number of amides is 1. The summed E-state index contributed by atoms with van der Waals surface area (Å²) in [6.45, 7) is 7.01. The molecule has 2 aromatic rings. The maximum Gasteiger partial charge on any atom is 0.337 e. The number of hydrogen-bond donors (Lipinski definition) is 1. The Hall–Kier alpha value is -3.42. The monoisotopic (exact) mass is 442 g/mol. The summed E-state index contributed by atoms with van der Waals surface area (Å²) in [6, 6.07) is 8.57. The van der Waals surface area contributed by atoms with Crippen LogP contribution in [-0.4, -0.2) is 48.5 Å². The van der Waals surface area contributed by atoms with Crippen molar-refractivity contribution in [3.63, 3.8) is 0 Å². The van der Waals surface area contributed by atoms with Crippen molar-refractivity contribution in [2.75, 3.05) is 20.3 Å². The quantitative estimate of drug-likeness (QED) is 0.448. The molecule has 0 atom stereocenters. The van der Waals surface area contributed by atoms with Crippen molar-refractivity contribution in [3.05, 3.63) is 52.8 Å². The van der Waals surface area contributed by atoms with E-state index in [4.69, 9.17) is 9.47 Å². The number of nitrogens with zero attached hydrogens (tertiary/aromatic N) is 1. The minimum Gasteiger partial charge on any atom is -0.465 e. The van der Waals surface area contributed by atoms with Gasteiger partial charge in [-0.2, -0.15) is 0 Å². The van der Waals surface area contributed by atoms with Gasteiger partial charge in [0.15, 0.2) is 6.61 Å². The third-order valence-electron chi connectivity index (χ3n) is 5.02. The van der Waals surface area contributed by atoms with Crippen LogP contribution >= 0.6 is 0 Å². The second-order valence-corrected chi connectivity index (χ2v) is 7.95. The molecule has 0 saturated carbocycles. The predicted molar refractivity (Wildman–Crippen MR) is 119 cm³/mol. The van der Waals surface area contributed by atoms with Crippen LogP contribution in [0.3, 0.4) is 0 Å². The van der Waals surface area contributed by atoms with Gasteiger partial charge >= 0.3 is 11.9 Å². The van der Waals surface area contributed by atoms with E-state index in [0.29, 0.717) is 29.2 Å². The number of benzene rings is 1. The lowest BCUT2D eigenvalue weighted by atomic mass is 10.1. The number of Topliss-reactive ketones (excluding diaryl/α,β-unsaturated/α-hetero) is 1. The summed E-state index contributed by atoms with van der Waals surface area (Å²) in [7, 11) is 1.32. The number of ether oxygens (including phenoxy) is 2. The molecule has 8 nitrogen and oxygen atoms in total. The van der Waals surface area contributed by atoms with Gasteiger partial charge in [-0.1, -0.05) is 13.8 Å².